The molecule has 3 heteroatoms. The van der Waals surface area contributed by atoms with E-state index in [0.29, 0.717) is 12.3 Å². The van der Waals surface area contributed by atoms with Crippen LogP contribution in [-0.2, 0) is 4.74 Å². The lowest BCUT2D eigenvalue weighted by Crippen LogP contribution is -2.06. The summed E-state index contributed by atoms with van der Waals surface area (Å²) >= 11 is 0. The SMILES string of the molecule is C=C.CC.CCOC(=O)c1ccc(C)cn1. The second-order valence-corrected chi connectivity index (χ2v) is 2.44. The first-order valence-electron chi connectivity index (χ1n) is 5.34. The van der Waals surface area contributed by atoms with Crippen LogP contribution in [0.15, 0.2) is 31.5 Å². The summed E-state index contributed by atoms with van der Waals surface area (Å²) in [5, 5.41) is 0. The van der Waals surface area contributed by atoms with E-state index in [2.05, 4.69) is 18.1 Å². The first-order valence-corrected chi connectivity index (χ1v) is 5.34. The quantitative estimate of drug-likeness (QED) is 0.570. The van der Waals surface area contributed by atoms with Crippen molar-refractivity contribution >= 4 is 5.97 Å². The van der Waals surface area contributed by atoms with Gasteiger partial charge < -0.3 is 4.74 Å². The molecule has 0 unspecified atom stereocenters. The Morgan fingerprint density at radius 1 is 1.38 bits per heavy atom. The number of nitrogens with zero attached hydrogens (tertiary/aromatic N) is 1. The molecule has 1 heterocycles. The number of rotatable bonds is 2. The van der Waals surface area contributed by atoms with Crippen LogP contribution in [-0.4, -0.2) is 17.6 Å². The van der Waals surface area contributed by atoms with E-state index in [-0.39, 0.29) is 5.97 Å². The van der Waals surface area contributed by atoms with Gasteiger partial charge in [0.05, 0.1) is 6.61 Å². The maximum absolute atomic E-state index is 11.1. The third-order valence-electron chi connectivity index (χ3n) is 1.40. The molecule has 0 atom stereocenters. The highest BCUT2D eigenvalue weighted by Crippen LogP contribution is 1.99. The normalized spacial score (nSPS) is 7.75. The zero-order valence-electron chi connectivity index (χ0n) is 10.6. The third-order valence-corrected chi connectivity index (χ3v) is 1.40. The van der Waals surface area contributed by atoms with Gasteiger partial charge in [-0.05, 0) is 25.5 Å². The molecule has 0 aliphatic rings. The molecule has 0 fully saturated rings. The Hall–Kier alpha value is -1.64. The van der Waals surface area contributed by atoms with Gasteiger partial charge in [-0.15, -0.1) is 13.2 Å². The number of hydrogen-bond acceptors (Lipinski definition) is 3. The summed E-state index contributed by atoms with van der Waals surface area (Å²) in [6.07, 6.45) is 1.65. The van der Waals surface area contributed by atoms with Crippen molar-refractivity contribution in [1.29, 1.82) is 0 Å². The minimum absolute atomic E-state index is 0.363. The summed E-state index contributed by atoms with van der Waals surface area (Å²) in [5.41, 5.74) is 1.39. The maximum Gasteiger partial charge on any atom is 0.356 e. The molecule has 0 aliphatic heterocycles. The van der Waals surface area contributed by atoms with Crippen LogP contribution in [0.5, 0.6) is 0 Å². The van der Waals surface area contributed by atoms with Crippen molar-refractivity contribution in [1.82, 2.24) is 4.98 Å². The van der Waals surface area contributed by atoms with E-state index in [1.165, 1.54) is 0 Å². The highest BCUT2D eigenvalue weighted by atomic mass is 16.5. The van der Waals surface area contributed by atoms with Crippen molar-refractivity contribution in [2.24, 2.45) is 0 Å². The van der Waals surface area contributed by atoms with Crippen LogP contribution in [0.3, 0.4) is 0 Å². The van der Waals surface area contributed by atoms with Crippen molar-refractivity contribution in [3.63, 3.8) is 0 Å². The van der Waals surface area contributed by atoms with E-state index in [9.17, 15) is 4.79 Å². The third kappa shape index (κ3) is 6.76. The molecule has 90 valence electrons. The van der Waals surface area contributed by atoms with Crippen molar-refractivity contribution < 1.29 is 9.53 Å². The second kappa shape index (κ2) is 11.4. The summed E-state index contributed by atoms with van der Waals surface area (Å²) in [7, 11) is 0. The van der Waals surface area contributed by atoms with Crippen LogP contribution in [0.2, 0.25) is 0 Å². The van der Waals surface area contributed by atoms with Gasteiger partial charge in [-0.25, -0.2) is 9.78 Å². The Labute approximate surface area is 98.2 Å². The smallest absolute Gasteiger partial charge is 0.356 e. The zero-order chi connectivity index (χ0) is 13.0. The first-order chi connectivity index (χ1) is 7.74. The predicted molar refractivity (Wildman–Crippen MR) is 67.5 cm³/mol. The largest absolute Gasteiger partial charge is 0.461 e. The number of hydrogen-bond donors (Lipinski definition) is 0. The topological polar surface area (TPSA) is 39.2 Å². The number of esters is 1. The second-order valence-electron chi connectivity index (χ2n) is 2.44. The summed E-state index contributed by atoms with van der Waals surface area (Å²) in [4.78, 5) is 15.0. The standard InChI is InChI=1S/C9H11NO2.C2H6.C2H4/c1-3-12-9(11)8-5-4-7(2)6-10-8;2*1-2/h4-6H,3H2,1-2H3;1-2H3;1-2H2. The lowest BCUT2D eigenvalue weighted by molar-refractivity contribution is 0.0519. The van der Waals surface area contributed by atoms with Crippen molar-refractivity contribution in [3.05, 3.63) is 42.7 Å². The highest BCUT2D eigenvalue weighted by molar-refractivity contribution is 5.87. The summed E-state index contributed by atoms with van der Waals surface area (Å²) < 4.78 is 4.77. The van der Waals surface area contributed by atoms with Crippen LogP contribution in [0.1, 0.15) is 36.8 Å². The van der Waals surface area contributed by atoms with E-state index in [0.717, 1.165) is 5.56 Å². The van der Waals surface area contributed by atoms with Crippen LogP contribution >= 0.6 is 0 Å². The predicted octanol–water partition coefficient (Wildman–Crippen LogP) is 3.40. The molecule has 1 rings (SSSR count). The Balaban J connectivity index is 0. The van der Waals surface area contributed by atoms with Gasteiger partial charge in [-0.1, -0.05) is 19.9 Å². The van der Waals surface area contributed by atoms with Crippen LogP contribution in [0.4, 0.5) is 0 Å². The van der Waals surface area contributed by atoms with Gasteiger partial charge in [0.1, 0.15) is 5.69 Å². The molecule has 0 bridgehead atoms. The maximum atomic E-state index is 11.1. The van der Waals surface area contributed by atoms with Gasteiger partial charge in [0.25, 0.3) is 0 Å². The molecule has 0 radical (unpaired) electrons. The zero-order valence-corrected chi connectivity index (χ0v) is 10.6. The molecule has 0 saturated heterocycles. The average Bonchev–Trinajstić information content (AvgIpc) is 2.35. The Morgan fingerprint density at radius 2 is 1.94 bits per heavy atom. The minimum atomic E-state index is -0.363. The lowest BCUT2D eigenvalue weighted by atomic mass is 10.3. The molecule has 3 nitrogen and oxygen atoms in total. The number of pyridine rings is 1. The summed E-state index contributed by atoms with van der Waals surface area (Å²) in [6, 6.07) is 3.49. The van der Waals surface area contributed by atoms with E-state index in [1.54, 1.807) is 19.2 Å². The summed E-state index contributed by atoms with van der Waals surface area (Å²) in [5.74, 6) is -0.363. The molecule has 1 aromatic heterocycles. The molecule has 16 heavy (non-hydrogen) atoms. The molecular formula is C13H21NO2. The van der Waals surface area contributed by atoms with E-state index in [4.69, 9.17) is 4.74 Å². The van der Waals surface area contributed by atoms with E-state index in [1.807, 2.05) is 26.8 Å². The number of ether oxygens (including phenoxy) is 1. The van der Waals surface area contributed by atoms with Gasteiger partial charge in [-0.2, -0.15) is 0 Å². The van der Waals surface area contributed by atoms with Crippen LogP contribution < -0.4 is 0 Å². The van der Waals surface area contributed by atoms with Gasteiger partial charge in [0.15, 0.2) is 0 Å². The molecule has 0 saturated carbocycles. The van der Waals surface area contributed by atoms with Gasteiger partial charge in [-0.3, -0.25) is 0 Å². The van der Waals surface area contributed by atoms with Crippen molar-refractivity contribution in [2.75, 3.05) is 6.61 Å². The van der Waals surface area contributed by atoms with Crippen molar-refractivity contribution in [2.45, 2.75) is 27.7 Å². The Morgan fingerprint density at radius 3 is 2.31 bits per heavy atom. The fourth-order valence-corrected chi connectivity index (χ4v) is 0.794. The number of carbonyl (C=O) groups excluding carboxylic acids is 1. The van der Waals surface area contributed by atoms with Crippen molar-refractivity contribution in [3.8, 4) is 0 Å². The first kappa shape index (κ1) is 16.8. The number of aryl methyl sites for hydroxylation is 1. The summed E-state index contributed by atoms with van der Waals surface area (Å²) in [6.45, 7) is 14.1. The highest BCUT2D eigenvalue weighted by Gasteiger charge is 2.05. The van der Waals surface area contributed by atoms with Crippen LogP contribution in [0.25, 0.3) is 0 Å². The fraction of sp³-hybridized carbons (Fsp3) is 0.385. The van der Waals surface area contributed by atoms with E-state index < -0.39 is 0 Å². The fourth-order valence-electron chi connectivity index (χ4n) is 0.794. The van der Waals surface area contributed by atoms with Gasteiger partial charge in [0.2, 0.25) is 0 Å². The number of aromatic nitrogens is 1. The Kier molecular flexibility index (Phi) is 12.0. The van der Waals surface area contributed by atoms with E-state index >= 15 is 0 Å². The molecule has 0 aromatic carbocycles. The number of carbonyl (C=O) groups is 1. The molecular weight excluding hydrogens is 202 g/mol. The van der Waals surface area contributed by atoms with Gasteiger partial charge >= 0.3 is 5.97 Å². The molecule has 0 spiro atoms. The molecule has 1 aromatic rings. The minimum Gasteiger partial charge on any atom is -0.461 e. The monoisotopic (exact) mass is 223 g/mol. The van der Waals surface area contributed by atoms with Gasteiger partial charge in [0, 0.05) is 6.20 Å². The molecule has 0 aliphatic carbocycles. The molecule has 0 amide bonds. The van der Waals surface area contributed by atoms with Crippen LogP contribution in [0, 0.1) is 6.92 Å². The Bertz CT molecular complexity index is 280. The average molecular weight is 223 g/mol. The lowest BCUT2D eigenvalue weighted by Gasteiger charge is -1.99. The molecule has 0 N–H and O–H groups in total.